The fourth-order valence-corrected chi connectivity index (χ4v) is 1.90. The van der Waals surface area contributed by atoms with Gasteiger partial charge in [0.25, 0.3) is 0 Å². The minimum atomic E-state index is -0.536. The Morgan fingerprint density at radius 3 is 1.48 bits per heavy atom. The van der Waals surface area contributed by atoms with Gasteiger partial charge >= 0.3 is 5.97 Å². The van der Waals surface area contributed by atoms with E-state index in [1.807, 2.05) is 65.8 Å². The van der Waals surface area contributed by atoms with Gasteiger partial charge in [-0.25, -0.2) is 0 Å². The predicted octanol–water partition coefficient (Wildman–Crippen LogP) is 5.61. The molecule has 2 aromatic carbocycles. The molecule has 0 heterocycles. The molecule has 134 valence electrons. The lowest BCUT2D eigenvalue weighted by Gasteiger charge is -2.21. The van der Waals surface area contributed by atoms with Crippen molar-refractivity contribution in [3.63, 3.8) is 0 Å². The van der Waals surface area contributed by atoms with E-state index in [1.54, 1.807) is 24.3 Å². The van der Waals surface area contributed by atoms with E-state index >= 15 is 0 Å². The summed E-state index contributed by atoms with van der Waals surface area (Å²) in [7, 11) is 0. The fourth-order valence-electron chi connectivity index (χ4n) is 1.90. The number of hydrogen-bond donors (Lipinski definition) is 0. The summed E-state index contributed by atoms with van der Waals surface area (Å²) in [6.07, 6.45) is 0. The van der Waals surface area contributed by atoms with E-state index in [2.05, 4.69) is 0 Å². The molecular formula is C21H26O4. The third-order valence-electron chi connectivity index (χ3n) is 3.13. The van der Waals surface area contributed by atoms with Crippen molar-refractivity contribution < 1.29 is 19.0 Å². The number of carbonyl (C=O) groups is 1. The van der Waals surface area contributed by atoms with E-state index in [0.717, 1.165) is 5.75 Å². The lowest BCUT2D eigenvalue weighted by atomic mass is 9.97. The van der Waals surface area contributed by atoms with Crippen LogP contribution >= 0.6 is 0 Å². The molecule has 0 N–H and O–H groups in total. The summed E-state index contributed by atoms with van der Waals surface area (Å²) in [5.74, 6) is 2.40. The Balaban J connectivity index is 1.98. The van der Waals surface area contributed by atoms with Gasteiger partial charge in [0.1, 0.15) is 28.6 Å². The molecule has 0 aliphatic carbocycles. The Kier molecular flexibility index (Phi) is 5.41. The highest BCUT2D eigenvalue weighted by Gasteiger charge is 2.23. The van der Waals surface area contributed by atoms with Crippen LogP contribution in [0.4, 0.5) is 0 Å². The number of carbonyl (C=O) groups excluding carboxylic acids is 1. The summed E-state index contributed by atoms with van der Waals surface area (Å²) in [6.45, 7) is 11.5. The highest BCUT2D eigenvalue weighted by Crippen LogP contribution is 2.27. The van der Waals surface area contributed by atoms with Gasteiger partial charge in [-0.15, -0.1) is 0 Å². The van der Waals surface area contributed by atoms with Crippen molar-refractivity contribution in [1.82, 2.24) is 0 Å². The summed E-state index contributed by atoms with van der Waals surface area (Å²) in [6, 6.07) is 14.4. The third kappa shape index (κ3) is 6.14. The van der Waals surface area contributed by atoms with Crippen LogP contribution in [0.2, 0.25) is 0 Å². The van der Waals surface area contributed by atoms with Crippen molar-refractivity contribution in [2.24, 2.45) is 5.41 Å². The molecule has 0 fully saturated rings. The molecule has 2 aromatic rings. The maximum atomic E-state index is 11.9. The summed E-state index contributed by atoms with van der Waals surface area (Å²) < 4.78 is 16.9. The molecule has 4 heteroatoms. The van der Waals surface area contributed by atoms with Gasteiger partial charge in [-0.2, -0.15) is 0 Å². The van der Waals surface area contributed by atoms with Gasteiger partial charge in [0, 0.05) is 0 Å². The van der Waals surface area contributed by atoms with Gasteiger partial charge in [0.15, 0.2) is 0 Å². The zero-order valence-electron chi connectivity index (χ0n) is 15.8. The maximum absolute atomic E-state index is 11.9. The molecule has 0 unspecified atom stereocenters. The van der Waals surface area contributed by atoms with Gasteiger partial charge in [-0.05, 0) is 90.1 Å². The molecule has 0 amide bonds. The first-order valence-electron chi connectivity index (χ1n) is 8.32. The zero-order chi connectivity index (χ0) is 18.7. The van der Waals surface area contributed by atoms with Gasteiger partial charge in [-0.3, -0.25) is 4.79 Å². The minimum Gasteiger partial charge on any atom is -0.488 e. The second-order valence-electron chi connectivity index (χ2n) is 7.90. The average molecular weight is 342 g/mol. The first-order valence-corrected chi connectivity index (χ1v) is 8.32. The quantitative estimate of drug-likeness (QED) is 0.535. The molecule has 0 aliphatic rings. The van der Waals surface area contributed by atoms with Crippen LogP contribution < -0.4 is 14.2 Å². The van der Waals surface area contributed by atoms with Gasteiger partial charge in [0.2, 0.25) is 0 Å². The van der Waals surface area contributed by atoms with Gasteiger partial charge in [0.05, 0.1) is 5.41 Å². The van der Waals surface area contributed by atoms with E-state index < -0.39 is 5.41 Å². The number of hydrogen-bond acceptors (Lipinski definition) is 4. The minimum absolute atomic E-state index is 0.233. The molecule has 2 rings (SSSR count). The van der Waals surface area contributed by atoms with Crippen molar-refractivity contribution in [2.75, 3.05) is 0 Å². The second kappa shape index (κ2) is 7.18. The largest absolute Gasteiger partial charge is 0.488 e. The lowest BCUT2D eigenvalue weighted by Crippen LogP contribution is -2.25. The number of esters is 1. The highest BCUT2D eigenvalue weighted by atomic mass is 16.5. The predicted molar refractivity (Wildman–Crippen MR) is 98.4 cm³/mol. The van der Waals surface area contributed by atoms with Crippen LogP contribution in [0.1, 0.15) is 41.5 Å². The maximum Gasteiger partial charge on any atom is 0.316 e. The molecule has 0 aromatic heterocycles. The van der Waals surface area contributed by atoms with Crippen molar-refractivity contribution in [2.45, 2.75) is 47.1 Å². The summed E-state index contributed by atoms with van der Waals surface area (Å²) in [5, 5.41) is 0. The number of ether oxygens (including phenoxy) is 3. The average Bonchev–Trinajstić information content (AvgIpc) is 2.49. The third-order valence-corrected chi connectivity index (χ3v) is 3.13. The molecule has 0 radical (unpaired) electrons. The van der Waals surface area contributed by atoms with Crippen molar-refractivity contribution in [3.05, 3.63) is 48.5 Å². The lowest BCUT2D eigenvalue weighted by molar-refractivity contribution is -0.143. The molecule has 0 bridgehead atoms. The Morgan fingerprint density at radius 2 is 1.08 bits per heavy atom. The number of rotatable bonds is 4. The fraction of sp³-hybridized carbons (Fsp3) is 0.381. The molecule has 0 atom stereocenters. The smallest absolute Gasteiger partial charge is 0.316 e. The van der Waals surface area contributed by atoms with Crippen molar-refractivity contribution >= 4 is 5.97 Å². The topological polar surface area (TPSA) is 44.8 Å². The summed E-state index contributed by atoms with van der Waals surface area (Å²) in [5.41, 5.74) is -0.769. The van der Waals surface area contributed by atoms with E-state index in [4.69, 9.17) is 14.2 Å². The Morgan fingerprint density at radius 1 is 0.680 bits per heavy atom. The first kappa shape index (κ1) is 18.8. The van der Waals surface area contributed by atoms with Crippen molar-refractivity contribution in [3.8, 4) is 23.0 Å². The molecule has 0 saturated carbocycles. The van der Waals surface area contributed by atoms with E-state index in [1.165, 1.54) is 0 Å². The molecular weight excluding hydrogens is 316 g/mol. The van der Waals surface area contributed by atoms with Crippen LogP contribution in [0.15, 0.2) is 48.5 Å². The molecule has 0 saturated heterocycles. The summed E-state index contributed by atoms with van der Waals surface area (Å²) in [4.78, 5) is 11.9. The Hall–Kier alpha value is -2.49. The molecule has 4 nitrogen and oxygen atoms in total. The van der Waals surface area contributed by atoms with E-state index in [0.29, 0.717) is 17.2 Å². The van der Waals surface area contributed by atoms with E-state index in [-0.39, 0.29) is 11.6 Å². The zero-order valence-corrected chi connectivity index (χ0v) is 15.8. The van der Waals surface area contributed by atoms with Crippen molar-refractivity contribution in [1.29, 1.82) is 0 Å². The van der Waals surface area contributed by atoms with Crippen LogP contribution in [0, 0.1) is 5.41 Å². The van der Waals surface area contributed by atoms with Crippen LogP contribution in [-0.2, 0) is 4.79 Å². The van der Waals surface area contributed by atoms with E-state index in [9.17, 15) is 4.79 Å². The molecule has 25 heavy (non-hydrogen) atoms. The molecule has 0 spiro atoms. The van der Waals surface area contributed by atoms with Gasteiger partial charge in [-0.1, -0.05) is 0 Å². The van der Waals surface area contributed by atoms with Crippen LogP contribution in [0.3, 0.4) is 0 Å². The van der Waals surface area contributed by atoms with Gasteiger partial charge < -0.3 is 14.2 Å². The Labute approximate surface area is 149 Å². The Bertz CT molecular complexity index is 702. The standard InChI is InChI=1S/C21H26O4/c1-20(2,3)19(22)24-17-9-7-15(8-10-17)23-16-11-13-18(14-12-16)25-21(4,5)6/h7-14H,1-6H3. The molecule has 0 aliphatic heterocycles. The van der Waals surface area contributed by atoms with Crippen LogP contribution in [-0.4, -0.2) is 11.6 Å². The highest BCUT2D eigenvalue weighted by molar-refractivity contribution is 5.77. The normalized spacial score (nSPS) is 11.8. The monoisotopic (exact) mass is 342 g/mol. The first-order chi connectivity index (χ1) is 11.5. The summed E-state index contributed by atoms with van der Waals surface area (Å²) >= 11 is 0. The van der Waals surface area contributed by atoms with Crippen LogP contribution in [0.5, 0.6) is 23.0 Å². The van der Waals surface area contributed by atoms with Crippen LogP contribution in [0.25, 0.3) is 0 Å². The number of benzene rings is 2. The second-order valence-corrected chi connectivity index (χ2v) is 7.90. The SMILES string of the molecule is CC(C)(C)Oc1ccc(Oc2ccc(OC(=O)C(C)(C)C)cc2)cc1.